The first kappa shape index (κ1) is 39.6. The molecule has 0 spiro atoms. The van der Waals surface area contributed by atoms with Gasteiger partial charge in [0.1, 0.15) is 6.61 Å². The summed E-state index contributed by atoms with van der Waals surface area (Å²) < 4.78 is 5.14. The Labute approximate surface area is 252 Å². The van der Waals surface area contributed by atoms with E-state index in [1.807, 2.05) is 0 Å². The Hall–Kier alpha value is -1.43. The van der Waals surface area contributed by atoms with Gasteiger partial charge in [-0.3, -0.25) is 9.59 Å². The van der Waals surface area contributed by atoms with Crippen molar-refractivity contribution in [3.8, 4) is 0 Å². The number of hydrogen-bond donors (Lipinski definition) is 2. The summed E-state index contributed by atoms with van der Waals surface area (Å²) in [5.74, 6) is -3.02. The SMILES string of the molecule is CCCCCCCCCCCCCCCC(=O)OC(CO)(C(=O)O)C(=O)CCCCCCCCCCCCCCC. The first-order valence-corrected chi connectivity index (χ1v) is 17.5. The highest BCUT2D eigenvalue weighted by atomic mass is 16.6. The molecule has 6 heteroatoms. The number of Topliss-reactive ketones (excluding diaryl/α,β-unsaturated/α-hetero) is 1. The van der Waals surface area contributed by atoms with Crippen LogP contribution in [0.2, 0.25) is 0 Å². The van der Waals surface area contributed by atoms with Gasteiger partial charge in [-0.15, -0.1) is 0 Å². The van der Waals surface area contributed by atoms with E-state index in [1.165, 1.54) is 116 Å². The van der Waals surface area contributed by atoms with E-state index in [9.17, 15) is 24.6 Å². The van der Waals surface area contributed by atoms with Crippen molar-refractivity contribution in [2.45, 2.75) is 199 Å². The van der Waals surface area contributed by atoms with E-state index in [-0.39, 0.29) is 12.8 Å². The molecule has 0 aliphatic rings. The summed E-state index contributed by atoms with van der Waals surface area (Å²) in [6, 6.07) is 0. The molecule has 0 aromatic heterocycles. The number of unbranched alkanes of at least 4 members (excludes halogenated alkanes) is 24. The third-order valence-corrected chi connectivity index (χ3v) is 8.30. The van der Waals surface area contributed by atoms with Crippen LogP contribution < -0.4 is 0 Å². The van der Waals surface area contributed by atoms with Crippen LogP contribution in [0, 0.1) is 0 Å². The summed E-state index contributed by atoms with van der Waals surface area (Å²) in [5.41, 5.74) is -2.47. The van der Waals surface area contributed by atoms with Crippen LogP contribution in [0.1, 0.15) is 194 Å². The minimum Gasteiger partial charge on any atom is -0.478 e. The van der Waals surface area contributed by atoms with Crippen LogP contribution in [0.4, 0.5) is 0 Å². The monoisotopic (exact) mass is 582 g/mol. The summed E-state index contributed by atoms with van der Waals surface area (Å²) in [5, 5.41) is 19.4. The van der Waals surface area contributed by atoms with Gasteiger partial charge in [0, 0.05) is 12.8 Å². The van der Waals surface area contributed by atoms with Crippen molar-refractivity contribution in [3.63, 3.8) is 0 Å². The third kappa shape index (κ3) is 21.9. The van der Waals surface area contributed by atoms with Crippen molar-refractivity contribution in [3.05, 3.63) is 0 Å². The largest absolute Gasteiger partial charge is 0.478 e. The molecule has 0 fully saturated rings. The van der Waals surface area contributed by atoms with Crippen LogP contribution in [0.3, 0.4) is 0 Å². The molecule has 0 aliphatic heterocycles. The zero-order valence-electron chi connectivity index (χ0n) is 27.0. The van der Waals surface area contributed by atoms with Crippen LogP contribution in [-0.4, -0.2) is 40.1 Å². The first-order chi connectivity index (χ1) is 19.9. The standard InChI is InChI=1S/C35H66O6/c1-3-5-7-9-11-13-15-17-19-21-23-25-27-29-32(37)35(31-36,34(39)40)41-33(38)30-28-26-24-22-20-18-16-14-12-10-8-6-4-2/h36H,3-31H2,1-2H3,(H,39,40). The highest BCUT2D eigenvalue weighted by Gasteiger charge is 2.49. The Morgan fingerprint density at radius 2 is 0.780 bits per heavy atom. The first-order valence-electron chi connectivity index (χ1n) is 17.5. The number of carbonyl (C=O) groups is 3. The lowest BCUT2D eigenvalue weighted by molar-refractivity contribution is -0.187. The fourth-order valence-corrected chi connectivity index (χ4v) is 5.45. The summed E-state index contributed by atoms with van der Waals surface area (Å²) in [6.07, 6.45) is 30.7. The van der Waals surface area contributed by atoms with Gasteiger partial charge < -0.3 is 14.9 Å². The topological polar surface area (TPSA) is 101 Å². The smallest absolute Gasteiger partial charge is 0.358 e. The lowest BCUT2D eigenvalue weighted by Crippen LogP contribution is -2.53. The lowest BCUT2D eigenvalue weighted by atomic mass is 9.94. The van der Waals surface area contributed by atoms with Crippen LogP contribution in [0.5, 0.6) is 0 Å². The van der Waals surface area contributed by atoms with Crippen molar-refractivity contribution >= 4 is 17.7 Å². The van der Waals surface area contributed by atoms with E-state index in [1.54, 1.807) is 0 Å². The normalized spacial score (nSPS) is 12.8. The van der Waals surface area contributed by atoms with Crippen LogP contribution in [0.25, 0.3) is 0 Å². The minimum absolute atomic E-state index is 0.00333. The number of ether oxygens (including phenoxy) is 1. The van der Waals surface area contributed by atoms with Gasteiger partial charge in [-0.1, -0.05) is 168 Å². The number of aliphatic hydroxyl groups excluding tert-OH is 1. The number of carboxylic acids is 1. The highest BCUT2D eigenvalue weighted by Crippen LogP contribution is 2.21. The van der Waals surface area contributed by atoms with E-state index in [4.69, 9.17) is 4.74 Å². The van der Waals surface area contributed by atoms with Crippen molar-refractivity contribution < 1.29 is 29.3 Å². The van der Waals surface area contributed by atoms with Gasteiger partial charge in [0.2, 0.25) is 0 Å². The minimum atomic E-state index is -2.47. The fraction of sp³-hybridized carbons (Fsp3) is 0.914. The van der Waals surface area contributed by atoms with Gasteiger partial charge in [-0.05, 0) is 12.8 Å². The molecule has 1 atom stereocenters. The zero-order valence-corrected chi connectivity index (χ0v) is 27.0. The quantitative estimate of drug-likeness (QED) is 0.0465. The van der Waals surface area contributed by atoms with Crippen LogP contribution in [-0.2, 0) is 19.1 Å². The third-order valence-electron chi connectivity index (χ3n) is 8.30. The second kappa shape index (κ2) is 28.7. The average molecular weight is 583 g/mol. The molecule has 0 heterocycles. The Balaban J connectivity index is 3.99. The molecule has 0 aliphatic carbocycles. The van der Waals surface area contributed by atoms with Crippen molar-refractivity contribution in [2.75, 3.05) is 6.61 Å². The highest BCUT2D eigenvalue weighted by molar-refractivity contribution is 6.08. The number of rotatable bonds is 32. The number of carboxylic acid groups (broad SMARTS) is 1. The zero-order chi connectivity index (χ0) is 30.4. The molecule has 41 heavy (non-hydrogen) atoms. The predicted molar refractivity (Wildman–Crippen MR) is 169 cm³/mol. The van der Waals surface area contributed by atoms with Gasteiger partial charge in [-0.2, -0.15) is 0 Å². The second-order valence-electron chi connectivity index (χ2n) is 12.2. The second-order valence-corrected chi connectivity index (χ2v) is 12.2. The van der Waals surface area contributed by atoms with E-state index in [0.29, 0.717) is 12.8 Å². The van der Waals surface area contributed by atoms with Gasteiger partial charge in [-0.25, -0.2) is 4.79 Å². The van der Waals surface area contributed by atoms with E-state index in [2.05, 4.69) is 13.8 Å². The van der Waals surface area contributed by atoms with Crippen LogP contribution >= 0.6 is 0 Å². The molecular formula is C35H66O6. The van der Waals surface area contributed by atoms with Gasteiger partial charge >= 0.3 is 11.9 Å². The van der Waals surface area contributed by atoms with Crippen LogP contribution in [0.15, 0.2) is 0 Å². The molecule has 1 unspecified atom stereocenters. The molecule has 0 radical (unpaired) electrons. The number of aliphatic hydroxyl groups is 1. The molecular weight excluding hydrogens is 516 g/mol. The summed E-state index contributed by atoms with van der Waals surface area (Å²) in [4.78, 5) is 37.0. The maximum Gasteiger partial charge on any atom is 0.358 e. The number of carbonyl (C=O) groups excluding carboxylic acids is 2. The number of hydrogen-bond acceptors (Lipinski definition) is 5. The lowest BCUT2D eigenvalue weighted by Gasteiger charge is -2.26. The predicted octanol–water partition coefficient (Wildman–Crippen LogP) is 9.88. The van der Waals surface area contributed by atoms with E-state index >= 15 is 0 Å². The maximum absolute atomic E-state index is 12.7. The summed E-state index contributed by atoms with van der Waals surface area (Å²) in [7, 11) is 0. The van der Waals surface area contributed by atoms with Crippen molar-refractivity contribution in [1.82, 2.24) is 0 Å². The molecule has 6 nitrogen and oxygen atoms in total. The molecule has 2 N–H and O–H groups in total. The molecule has 0 amide bonds. The number of ketones is 1. The Kier molecular flexibility index (Phi) is 27.7. The van der Waals surface area contributed by atoms with Gasteiger partial charge in [0.25, 0.3) is 5.60 Å². The van der Waals surface area contributed by atoms with Gasteiger partial charge in [0.05, 0.1) is 0 Å². The Morgan fingerprint density at radius 1 is 0.488 bits per heavy atom. The molecule has 0 aromatic carbocycles. The van der Waals surface area contributed by atoms with Crippen molar-refractivity contribution in [2.24, 2.45) is 0 Å². The molecule has 0 saturated carbocycles. The fourth-order valence-electron chi connectivity index (χ4n) is 5.45. The number of aliphatic carboxylic acids is 1. The molecule has 0 aromatic rings. The van der Waals surface area contributed by atoms with Crippen molar-refractivity contribution in [1.29, 1.82) is 0 Å². The molecule has 242 valence electrons. The van der Waals surface area contributed by atoms with E-state index in [0.717, 1.165) is 38.5 Å². The molecule has 0 rings (SSSR count). The van der Waals surface area contributed by atoms with Gasteiger partial charge in [0.15, 0.2) is 5.78 Å². The summed E-state index contributed by atoms with van der Waals surface area (Å²) in [6.45, 7) is 3.45. The molecule has 0 bridgehead atoms. The molecule has 0 saturated heterocycles. The Bertz CT molecular complexity index is 634. The Morgan fingerprint density at radius 3 is 1.07 bits per heavy atom. The average Bonchev–Trinajstić information content (AvgIpc) is 2.96. The van der Waals surface area contributed by atoms with E-state index < -0.39 is 29.9 Å². The maximum atomic E-state index is 12.7. The summed E-state index contributed by atoms with van der Waals surface area (Å²) >= 11 is 0. The number of esters is 1.